The lowest BCUT2D eigenvalue weighted by atomic mass is 10.2. The first-order valence-electron chi connectivity index (χ1n) is 24.5. The average molecular weight is 1090 g/mol. The Bertz CT molecular complexity index is 3940. The molecular weight excluding hydrogens is 1040 g/mol. The first-order valence-corrected chi connectivity index (χ1v) is 25.6. The number of phenols is 1. The molecular formula is C62H49BrN6O8. The molecule has 0 aliphatic rings. The number of benzene rings is 8. The number of esters is 2. The van der Waals surface area contributed by atoms with Gasteiger partial charge in [-0.2, -0.15) is 0 Å². The molecule has 0 saturated carbocycles. The Morgan fingerprint density at radius 1 is 0.494 bits per heavy atom. The summed E-state index contributed by atoms with van der Waals surface area (Å²) in [6.45, 7) is 7.26. The third-order valence-corrected chi connectivity index (χ3v) is 12.6. The number of phenolic OH excluding ortho intramolecular Hbond substituents is 1. The number of halogens is 1. The van der Waals surface area contributed by atoms with Crippen molar-refractivity contribution in [3.8, 4) is 68.7 Å². The number of nitrogens with zero attached hydrogens (tertiary/aromatic N) is 6. The van der Waals surface area contributed by atoms with Crippen molar-refractivity contribution in [1.82, 2.24) is 29.5 Å². The highest BCUT2D eigenvalue weighted by Crippen LogP contribution is 2.35. The zero-order chi connectivity index (χ0) is 53.3. The van der Waals surface area contributed by atoms with Gasteiger partial charge in [-0.3, -0.25) is 4.79 Å². The fourth-order valence-electron chi connectivity index (χ4n) is 8.78. The smallest absolute Gasteiger partial charge is 0.333 e. The number of fused-ring (bicyclic) bond motifs is 6. The zero-order valence-electron chi connectivity index (χ0n) is 41.9. The quantitative estimate of drug-likeness (QED) is 0.0502. The summed E-state index contributed by atoms with van der Waals surface area (Å²) >= 11 is 3.12. The Hall–Kier alpha value is -9.60. The third-order valence-electron chi connectivity index (χ3n) is 12.2. The molecule has 4 heterocycles. The van der Waals surface area contributed by atoms with Crippen LogP contribution in [0.1, 0.15) is 13.8 Å². The maximum absolute atomic E-state index is 10.9. The lowest BCUT2D eigenvalue weighted by Crippen LogP contribution is -2.09. The van der Waals surface area contributed by atoms with E-state index in [9.17, 15) is 14.7 Å². The van der Waals surface area contributed by atoms with E-state index in [1.807, 2.05) is 54.6 Å². The Balaban J connectivity index is 0.000000152. The summed E-state index contributed by atoms with van der Waals surface area (Å²) in [5, 5.41) is 32.1. The van der Waals surface area contributed by atoms with E-state index in [1.165, 1.54) is 39.5 Å². The van der Waals surface area contributed by atoms with Crippen LogP contribution in [0.4, 0.5) is 0 Å². The first-order chi connectivity index (χ1) is 37.6. The Morgan fingerprint density at radius 2 is 0.909 bits per heavy atom. The molecule has 15 heteroatoms. The van der Waals surface area contributed by atoms with E-state index in [2.05, 4.69) is 178 Å². The van der Waals surface area contributed by atoms with Crippen LogP contribution in [0.5, 0.6) is 11.5 Å². The van der Waals surface area contributed by atoms with Crippen LogP contribution in [0.2, 0.25) is 0 Å². The molecule has 0 fully saturated rings. The maximum Gasteiger partial charge on any atom is 0.333 e. The van der Waals surface area contributed by atoms with Gasteiger partial charge in [0.1, 0.15) is 31.3 Å². The van der Waals surface area contributed by atoms with Crippen LogP contribution in [0.15, 0.2) is 215 Å². The van der Waals surface area contributed by atoms with E-state index in [0.29, 0.717) is 52.4 Å². The van der Waals surface area contributed by atoms with Gasteiger partial charge in [0.25, 0.3) is 0 Å². The highest BCUT2D eigenvalue weighted by molar-refractivity contribution is 9.09. The summed E-state index contributed by atoms with van der Waals surface area (Å²) in [6, 6.07) is 64.1. The van der Waals surface area contributed by atoms with Gasteiger partial charge in [0.05, 0.1) is 22.1 Å². The molecule has 0 bridgehead atoms. The van der Waals surface area contributed by atoms with Gasteiger partial charge in [-0.05, 0) is 116 Å². The van der Waals surface area contributed by atoms with Gasteiger partial charge in [0.2, 0.25) is 23.6 Å². The molecule has 0 unspecified atom stereocenters. The summed E-state index contributed by atoms with van der Waals surface area (Å²) in [6.07, 6.45) is 0. The van der Waals surface area contributed by atoms with Crippen LogP contribution in [0.3, 0.4) is 0 Å². The van der Waals surface area contributed by atoms with Crippen molar-refractivity contribution in [2.24, 2.45) is 0 Å². The summed E-state index contributed by atoms with van der Waals surface area (Å²) < 4.78 is 31.6. The highest BCUT2D eigenvalue weighted by atomic mass is 79.9. The molecule has 0 atom stereocenters. The number of aromatic nitrogens is 6. The minimum atomic E-state index is -0.334. The number of aromatic hydroxyl groups is 1. The molecule has 0 spiro atoms. The minimum Gasteiger partial charge on any atom is -0.508 e. The largest absolute Gasteiger partial charge is 0.508 e. The van der Waals surface area contributed by atoms with Gasteiger partial charge < -0.3 is 37.3 Å². The number of rotatable bonds is 13. The van der Waals surface area contributed by atoms with Crippen molar-refractivity contribution in [2.45, 2.75) is 13.8 Å². The summed E-state index contributed by atoms with van der Waals surface area (Å²) in [5.41, 5.74) is 10.3. The predicted octanol–water partition coefficient (Wildman–Crippen LogP) is 14.1. The first kappa shape index (κ1) is 50.9. The van der Waals surface area contributed by atoms with Gasteiger partial charge >= 0.3 is 11.9 Å². The second kappa shape index (κ2) is 23.3. The molecule has 0 aliphatic heterocycles. The van der Waals surface area contributed by atoms with Crippen LogP contribution in [-0.4, -0.2) is 71.7 Å². The van der Waals surface area contributed by atoms with Crippen molar-refractivity contribution in [3.63, 3.8) is 0 Å². The number of hydrogen-bond donors (Lipinski definition) is 1. The van der Waals surface area contributed by atoms with E-state index in [-0.39, 0.29) is 30.9 Å². The average Bonchev–Trinajstić information content (AvgIpc) is 4.44. The van der Waals surface area contributed by atoms with Crippen molar-refractivity contribution in [3.05, 3.63) is 206 Å². The van der Waals surface area contributed by atoms with Crippen molar-refractivity contribution < 1.29 is 37.7 Å². The van der Waals surface area contributed by atoms with Gasteiger partial charge in [-0.15, -0.1) is 20.4 Å². The topological polar surface area (TPSA) is 170 Å². The molecule has 382 valence electrons. The molecule has 0 amide bonds. The Labute approximate surface area is 450 Å². The third kappa shape index (κ3) is 11.4. The van der Waals surface area contributed by atoms with Crippen LogP contribution >= 0.6 is 15.9 Å². The number of hydrogen-bond acceptors (Lipinski definition) is 12. The molecule has 8 aromatic carbocycles. The number of ether oxygens (including phenoxy) is 3. The molecule has 77 heavy (non-hydrogen) atoms. The number of carbonyl (C=O) groups is 2. The fraction of sp³-hybridized carbons (Fsp3) is 0.0968. The van der Waals surface area contributed by atoms with Gasteiger partial charge in [-0.25, -0.2) is 4.79 Å². The van der Waals surface area contributed by atoms with Crippen molar-refractivity contribution in [1.29, 1.82) is 0 Å². The van der Waals surface area contributed by atoms with E-state index in [1.54, 1.807) is 25.1 Å². The molecule has 0 radical (unpaired) electrons. The highest BCUT2D eigenvalue weighted by Gasteiger charge is 2.17. The van der Waals surface area contributed by atoms with E-state index >= 15 is 0 Å². The van der Waals surface area contributed by atoms with Gasteiger partial charge in [0, 0.05) is 73.0 Å². The van der Waals surface area contributed by atoms with Crippen LogP contribution in [0, 0.1) is 0 Å². The second-order valence-corrected chi connectivity index (χ2v) is 18.3. The standard InChI is InChI=1S/C30H23N3O4.C26H17N3O2.C6H9BrO2/c1-20(34)35-17-18-36-24-8-6-7-22(19-24)30-32-31-29(37-30)21-13-15-23(16-14-21)33-27-11-4-2-9-25(27)26-10-3-5-12-28(26)33;30-20-7-5-6-18(16-20)26-28-27-25(31-26)17-12-14-19(15-13-17)29-23-10-3-1-8-21(23)22-9-2-4-11-24(22)29;1-5(2)6(8)9-4-3-7/h2-16,19H,17-18H2,1H3;1-16,30H;1,3-4H2,2H3. The second-order valence-electron chi connectivity index (χ2n) is 17.5. The van der Waals surface area contributed by atoms with Crippen LogP contribution in [0.25, 0.3) is 101 Å². The number of alkyl halides is 1. The number of carbonyl (C=O) groups excluding carboxylic acids is 2. The normalized spacial score (nSPS) is 10.9. The molecule has 12 rings (SSSR count). The maximum atomic E-state index is 10.9. The van der Waals surface area contributed by atoms with Gasteiger partial charge in [-0.1, -0.05) is 107 Å². The van der Waals surface area contributed by atoms with E-state index in [4.69, 9.17) is 18.3 Å². The van der Waals surface area contributed by atoms with E-state index < -0.39 is 0 Å². The fourth-order valence-corrected chi connectivity index (χ4v) is 8.94. The lowest BCUT2D eigenvalue weighted by Gasteiger charge is -2.08. The molecule has 0 aliphatic carbocycles. The van der Waals surface area contributed by atoms with Crippen LogP contribution in [-0.2, 0) is 19.1 Å². The molecule has 1 N–H and O–H groups in total. The summed E-state index contributed by atoms with van der Waals surface area (Å²) in [5.74, 6) is 1.77. The Kier molecular flexibility index (Phi) is 15.4. The molecule has 4 aromatic heterocycles. The predicted molar refractivity (Wildman–Crippen MR) is 302 cm³/mol. The Morgan fingerprint density at radius 3 is 1.32 bits per heavy atom. The van der Waals surface area contributed by atoms with Crippen LogP contribution < -0.4 is 4.74 Å². The molecule has 14 nitrogen and oxygen atoms in total. The van der Waals surface area contributed by atoms with Crippen molar-refractivity contribution in [2.75, 3.05) is 25.2 Å². The summed E-state index contributed by atoms with van der Waals surface area (Å²) in [7, 11) is 0. The SMILES string of the molecule is C=C(C)C(=O)OCCBr.CC(=O)OCCOc1cccc(-c2nnc(-c3ccc(-n4c5ccccc5c5ccccc54)cc3)o2)c1.Oc1cccc(-c2nnc(-c3ccc(-n4c5ccccc5c5ccccc54)cc3)o2)c1. The van der Waals surface area contributed by atoms with Gasteiger partial charge in [0.15, 0.2) is 0 Å². The molecule has 0 saturated heterocycles. The molecule has 12 aromatic rings. The lowest BCUT2D eigenvalue weighted by molar-refractivity contribution is -0.141. The monoisotopic (exact) mass is 1080 g/mol. The van der Waals surface area contributed by atoms with E-state index in [0.717, 1.165) is 39.1 Å². The number of para-hydroxylation sites is 4. The van der Waals surface area contributed by atoms with Crippen molar-refractivity contribution >= 4 is 71.5 Å². The zero-order valence-corrected chi connectivity index (χ0v) is 43.5. The minimum absolute atomic E-state index is 0.160. The summed E-state index contributed by atoms with van der Waals surface area (Å²) in [4.78, 5) is 21.4.